The Bertz CT molecular complexity index is 773. The number of ether oxygens (including phenoxy) is 3. The molecule has 6 nitrogen and oxygen atoms in total. The molecule has 1 aliphatic rings. The van der Waals surface area contributed by atoms with Crippen molar-refractivity contribution in [2.75, 3.05) is 53.6 Å². The van der Waals surface area contributed by atoms with E-state index in [1.807, 2.05) is 47.4 Å². The van der Waals surface area contributed by atoms with Crippen LogP contribution in [0.1, 0.15) is 22.3 Å². The lowest BCUT2D eigenvalue weighted by Crippen LogP contribution is -2.39. The van der Waals surface area contributed by atoms with Crippen LogP contribution in [0.3, 0.4) is 0 Å². The molecular formula is C23H30N2O4. The fourth-order valence-electron chi connectivity index (χ4n) is 3.45. The van der Waals surface area contributed by atoms with Gasteiger partial charge in [-0.15, -0.1) is 0 Å². The topological polar surface area (TPSA) is 51.2 Å². The van der Waals surface area contributed by atoms with E-state index in [1.54, 1.807) is 20.3 Å². The number of morpholine rings is 1. The zero-order valence-corrected chi connectivity index (χ0v) is 17.3. The van der Waals surface area contributed by atoms with E-state index in [4.69, 9.17) is 14.2 Å². The zero-order valence-electron chi connectivity index (χ0n) is 17.3. The summed E-state index contributed by atoms with van der Waals surface area (Å²) in [6, 6.07) is 15.2. The van der Waals surface area contributed by atoms with Gasteiger partial charge in [-0.3, -0.25) is 9.69 Å². The first-order valence-electron chi connectivity index (χ1n) is 10.1. The first-order valence-corrected chi connectivity index (χ1v) is 10.1. The van der Waals surface area contributed by atoms with Gasteiger partial charge in [-0.25, -0.2) is 0 Å². The average molecular weight is 399 g/mol. The van der Waals surface area contributed by atoms with Crippen LogP contribution in [-0.4, -0.2) is 69.3 Å². The van der Waals surface area contributed by atoms with Crippen molar-refractivity contribution < 1.29 is 19.0 Å². The molecule has 0 unspecified atom stereocenters. The molecule has 6 heteroatoms. The van der Waals surface area contributed by atoms with Crippen molar-refractivity contribution in [3.05, 3.63) is 59.7 Å². The molecule has 0 spiro atoms. The molecule has 1 heterocycles. The third-order valence-corrected chi connectivity index (χ3v) is 5.14. The molecule has 3 rings (SSSR count). The minimum absolute atomic E-state index is 0.0155. The molecule has 0 radical (unpaired) electrons. The number of carbonyl (C=O) groups excluding carboxylic acids is 1. The number of hydrogen-bond donors (Lipinski definition) is 0. The van der Waals surface area contributed by atoms with Crippen molar-refractivity contribution in [2.45, 2.75) is 13.0 Å². The minimum atomic E-state index is 0.0155. The largest absolute Gasteiger partial charge is 0.497 e. The molecule has 0 N–H and O–H groups in total. The predicted octanol–water partition coefficient (Wildman–Crippen LogP) is 3.07. The Kier molecular flexibility index (Phi) is 7.90. The second kappa shape index (κ2) is 10.8. The Morgan fingerprint density at radius 1 is 1.03 bits per heavy atom. The van der Waals surface area contributed by atoms with Crippen molar-refractivity contribution in [3.8, 4) is 11.5 Å². The highest BCUT2D eigenvalue weighted by Crippen LogP contribution is 2.18. The van der Waals surface area contributed by atoms with E-state index < -0.39 is 0 Å². The number of benzene rings is 2. The van der Waals surface area contributed by atoms with Crippen molar-refractivity contribution in [3.63, 3.8) is 0 Å². The molecule has 29 heavy (non-hydrogen) atoms. The summed E-state index contributed by atoms with van der Waals surface area (Å²) in [5, 5.41) is 0. The molecule has 2 aromatic rings. The van der Waals surface area contributed by atoms with E-state index in [-0.39, 0.29) is 5.91 Å². The highest BCUT2D eigenvalue weighted by molar-refractivity contribution is 5.94. The van der Waals surface area contributed by atoms with E-state index in [2.05, 4.69) is 4.90 Å². The van der Waals surface area contributed by atoms with Gasteiger partial charge >= 0.3 is 0 Å². The number of methoxy groups -OCH3 is 2. The van der Waals surface area contributed by atoms with Crippen LogP contribution < -0.4 is 9.47 Å². The van der Waals surface area contributed by atoms with Gasteiger partial charge < -0.3 is 19.1 Å². The third-order valence-electron chi connectivity index (χ3n) is 5.14. The second-order valence-corrected chi connectivity index (χ2v) is 7.11. The molecule has 1 fully saturated rings. The summed E-state index contributed by atoms with van der Waals surface area (Å²) >= 11 is 0. The maximum absolute atomic E-state index is 13.2. The van der Waals surface area contributed by atoms with Gasteiger partial charge in [0.05, 0.1) is 27.4 Å². The van der Waals surface area contributed by atoms with E-state index in [0.29, 0.717) is 24.4 Å². The Hall–Kier alpha value is -2.57. The van der Waals surface area contributed by atoms with Crippen LogP contribution in [0.15, 0.2) is 48.5 Å². The summed E-state index contributed by atoms with van der Waals surface area (Å²) in [6.45, 7) is 5.72. The van der Waals surface area contributed by atoms with Gasteiger partial charge in [-0.1, -0.05) is 18.2 Å². The molecule has 2 aromatic carbocycles. The van der Waals surface area contributed by atoms with Crippen molar-refractivity contribution in [1.29, 1.82) is 0 Å². The van der Waals surface area contributed by atoms with Crippen LogP contribution in [-0.2, 0) is 11.3 Å². The SMILES string of the molecule is COc1ccc(CN(CCCN2CCOCC2)C(=O)c2cccc(OC)c2)cc1. The lowest BCUT2D eigenvalue weighted by atomic mass is 10.1. The van der Waals surface area contributed by atoms with Gasteiger partial charge in [0.25, 0.3) is 5.91 Å². The van der Waals surface area contributed by atoms with Gasteiger partial charge in [0.1, 0.15) is 11.5 Å². The van der Waals surface area contributed by atoms with Crippen molar-refractivity contribution in [2.24, 2.45) is 0 Å². The van der Waals surface area contributed by atoms with Gasteiger partial charge in [-0.05, 0) is 42.3 Å². The summed E-state index contributed by atoms with van der Waals surface area (Å²) in [5.41, 5.74) is 1.72. The zero-order chi connectivity index (χ0) is 20.5. The first-order chi connectivity index (χ1) is 14.2. The molecule has 0 aliphatic carbocycles. The van der Waals surface area contributed by atoms with E-state index >= 15 is 0 Å². The third kappa shape index (κ3) is 6.21. The van der Waals surface area contributed by atoms with Crippen molar-refractivity contribution in [1.82, 2.24) is 9.80 Å². The van der Waals surface area contributed by atoms with E-state index in [0.717, 1.165) is 50.6 Å². The standard InChI is InChI=1S/C23H30N2O4/c1-27-21-9-7-19(8-10-21)18-25(12-4-11-24-13-15-29-16-14-24)23(26)20-5-3-6-22(17-20)28-2/h3,5-10,17H,4,11-16,18H2,1-2H3. The fourth-order valence-corrected chi connectivity index (χ4v) is 3.45. The molecule has 0 saturated carbocycles. The number of hydrogen-bond acceptors (Lipinski definition) is 5. The lowest BCUT2D eigenvalue weighted by Gasteiger charge is -2.28. The molecule has 0 atom stereocenters. The predicted molar refractivity (Wildman–Crippen MR) is 113 cm³/mol. The average Bonchev–Trinajstić information content (AvgIpc) is 2.79. The molecule has 156 valence electrons. The minimum Gasteiger partial charge on any atom is -0.497 e. The molecule has 0 aromatic heterocycles. The molecule has 1 saturated heterocycles. The summed E-state index contributed by atoms with van der Waals surface area (Å²) in [6.07, 6.45) is 0.922. The Balaban J connectivity index is 1.69. The first kappa shape index (κ1) is 21.1. The number of amides is 1. The van der Waals surface area contributed by atoms with E-state index in [9.17, 15) is 4.79 Å². The van der Waals surface area contributed by atoms with Gasteiger partial charge in [0.15, 0.2) is 0 Å². The highest BCUT2D eigenvalue weighted by atomic mass is 16.5. The number of rotatable bonds is 9. The molecule has 0 bridgehead atoms. The van der Waals surface area contributed by atoms with Crippen LogP contribution >= 0.6 is 0 Å². The Morgan fingerprint density at radius 3 is 2.45 bits per heavy atom. The second-order valence-electron chi connectivity index (χ2n) is 7.11. The highest BCUT2D eigenvalue weighted by Gasteiger charge is 2.18. The quantitative estimate of drug-likeness (QED) is 0.650. The van der Waals surface area contributed by atoms with Crippen LogP contribution in [0.5, 0.6) is 11.5 Å². The smallest absolute Gasteiger partial charge is 0.254 e. The summed E-state index contributed by atoms with van der Waals surface area (Å²) in [5.74, 6) is 1.52. The van der Waals surface area contributed by atoms with Crippen LogP contribution in [0.25, 0.3) is 0 Å². The maximum atomic E-state index is 13.2. The fraction of sp³-hybridized carbons (Fsp3) is 0.435. The summed E-state index contributed by atoms with van der Waals surface area (Å²) in [4.78, 5) is 17.5. The molecule has 1 aliphatic heterocycles. The molecule has 1 amide bonds. The van der Waals surface area contributed by atoms with Gasteiger partial charge in [0.2, 0.25) is 0 Å². The Labute approximate surface area is 173 Å². The van der Waals surface area contributed by atoms with Crippen LogP contribution in [0.2, 0.25) is 0 Å². The van der Waals surface area contributed by atoms with Crippen LogP contribution in [0, 0.1) is 0 Å². The van der Waals surface area contributed by atoms with Gasteiger partial charge in [-0.2, -0.15) is 0 Å². The lowest BCUT2D eigenvalue weighted by molar-refractivity contribution is 0.0355. The summed E-state index contributed by atoms with van der Waals surface area (Å²) < 4.78 is 15.9. The Morgan fingerprint density at radius 2 is 1.76 bits per heavy atom. The summed E-state index contributed by atoms with van der Waals surface area (Å²) in [7, 11) is 3.26. The maximum Gasteiger partial charge on any atom is 0.254 e. The number of nitrogens with zero attached hydrogens (tertiary/aromatic N) is 2. The van der Waals surface area contributed by atoms with E-state index in [1.165, 1.54) is 0 Å². The monoisotopic (exact) mass is 398 g/mol. The molecular weight excluding hydrogens is 368 g/mol. The normalized spacial score (nSPS) is 14.4. The number of carbonyl (C=O) groups is 1. The van der Waals surface area contributed by atoms with Gasteiger partial charge in [0, 0.05) is 38.3 Å². The van der Waals surface area contributed by atoms with Crippen molar-refractivity contribution >= 4 is 5.91 Å². The van der Waals surface area contributed by atoms with Crippen LogP contribution in [0.4, 0.5) is 0 Å².